The molecule has 1 fully saturated rings. The molecule has 0 radical (unpaired) electrons. The maximum absolute atomic E-state index is 6.17. The number of rotatable bonds is 4. The van der Waals surface area contributed by atoms with Gasteiger partial charge >= 0.3 is 0 Å². The number of guanidine groups is 1. The highest BCUT2D eigenvalue weighted by Crippen LogP contribution is 2.36. The number of hydrogen-bond acceptors (Lipinski definition) is 4. The Balaban J connectivity index is 1.67. The van der Waals surface area contributed by atoms with Gasteiger partial charge < -0.3 is 25.4 Å². The molecule has 0 amide bonds. The Bertz CT molecular complexity index is 647. The van der Waals surface area contributed by atoms with E-state index in [-0.39, 0.29) is 5.54 Å². The Labute approximate surface area is 156 Å². The molecule has 3 N–H and O–H groups in total. The summed E-state index contributed by atoms with van der Waals surface area (Å²) >= 11 is 0. The van der Waals surface area contributed by atoms with Crippen LogP contribution in [0.4, 0.5) is 5.69 Å². The summed E-state index contributed by atoms with van der Waals surface area (Å²) in [4.78, 5) is 7.00. The third kappa shape index (κ3) is 4.41. The topological polar surface area (TPSA) is 72.1 Å². The third-order valence-electron chi connectivity index (χ3n) is 5.58. The first kappa shape index (κ1) is 18.8. The zero-order valence-corrected chi connectivity index (χ0v) is 16.3. The highest BCUT2D eigenvalue weighted by atomic mass is 16.5. The fourth-order valence-corrected chi connectivity index (χ4v) is 3.98. The van der Waals surface area contributed by atoms with Crippen molar-refractivity contribution in [2.75, 3.05) is 39.2 Å². The first-order valence-corrected chi connectivity index (χ1v) is 9.62. The standard InChI is InChI=1S/C20H32N4O2/c1-15-6-4-9-20(13-15,24(2)3)14-22-19(21)23-16-7-8-17-18(12-16)26-11-5-10-25-17/h7-8,12,15H,4-6,9-11,13-14H2,1-3H3,(H3,21,22,23). The molecule has 1 aliphatic heterocycles. The number of anilines is 1. The molecule has 0 saturated heterocycles. The summed E-state index contributed by atoms with van der Waals surface area (Å²) in [5.41, 5.74) is 7.14. The molecule has 2 unspecified atom stereocenters. The second kappa shape index (κ2) is 8.16. The molecule has 6 nitrogen and oxygen atoms in total. The minimum Gasteiger partial charge on any atom is -0.490 e. The number of nitrogens with zero attached hydrogens (tertiary/aromatic N) is 2. The van der Waals surface area contributed by atoms with Crippen LogP contribution in [0.2, 0.25) is 0 Å². The van der Waals surface area contributed by atoms with Crippen LogP contribution in [0.5, 0.6) is 11.5 Å². The van der Waals surface area contributed by atoms with Crippen LogP contribution in [0.25, 0.3) is 0 Å². The van der Waals surface area contributed by atoms with Gasteiger partial charge in [0.05, 0.1) is 19.8 Å². The van der Waals surface area contributed by atoms with Gasteiger partial charge in [-0.05, 0) is 45.0 Å². The number of fused-ring (bicyclic) bond motifs is 1. The molecular formula is C20H32N4O2. The van der Waals surface area contributed by atoms with E-state index in [1.165, 1.54) is 25.7 Å². The summed E-state index contributed by atoms with van der Waals surface area (Å²) in [7, 11) is 4.31. The second-order valence-electron chi connectivity index (χ2n) is 7.86. The lowest BCUT2D eigenvalue weighted by atomic mass is 9.75. The van der Waals surface area contributed by atoms with Crippen molar-refractivity contribution in [3.8, 4) is 11.5 Å². The highest BCUT2D eigenvalue weighted by molar-refractivity contribution is 5.92. The van der Waals surface area contributed by atoms with Gasteiger partial charge in [-0.3, -0.25) is 4.99 Å². The normalized spacial score (nSPS) is 26.5. The van der Waals surface area contributed by atoms with Crippen LogP contribution in [0.15, 0.2) is 23.2 Å². The molecular weight excluding hydrogens is 328 g/mol. The van der Waals surface area contributed by atoms with Crippen LogP contribution in [-0.4, -0.2) is 50.3 Å². The number of hydrogen-bond donors (Lipinski definition) is 2. The van der Waals surface area contributed by atoms with E-state index in [1.807, 2.05) is 18.2 Å². The van der Waals surface area contributed by atoms with E-state index in [4.69, 9.17) is 15.2 Å². The summed E-state index contributed by atoms with van der Waals surface area (Å²) in [6, 6.07) is 5.79. The minimum atomic E-state index is 0.106. The predicted molar refractivity (Wildman–Crippen MR) is 106 cm³/mol. The van der Waals surface area contributed by atoms with Crippen molar-refractivity contribution in [3.63, 3.8) is 0 Å². The molecule has 2 aliphatic rings. The van der Waals surface area contributed by atoms with Crippen molar-refractivity contribution >= 4 is 11.6 Å². The van der Waals surface area contributed by atoms with Crippen molar-refractivity contribution in [3.05, 3.63) is 18.2 Å². The Morgan fingerprint density at radius 2 is 2.04 bits per heavy atom. The number of ether oxygens (including phenoxy) is 2. The quantitative estimate of drug-likeness (QED) is 0.638. The average molecular weight is 361 g/mol. The second-order valence-corrected chi connectivity index (χ2v) is 7.86. The van der Waals surface area contributed by atoms with Crippen molar-refractivity contribution in [1.82, 2.24) is 4.90 Å². The molecule has 1 aromatic rings. The van der Waals surface area contributed by atoms with Gasteiger partial charge in [-0.25, -0.2) is 0 Å². The van der Waals surface area contributed by atoms with Gasteiger partial charge in [-0.2, -0.15) is 0 Å². The molecule has 1 aliphatic carbocycles. The molecule has 2 atom stereocenters. The van der Waals surface area contributed by atoms with E-state index in [1.54, 1.807) is 0 Å². The molecule has 6 heteroatoms. The van der Waals surface area contributed by atoms with E-state index in [0.717, 1.165) is 29.5 Å². The molecule has 1 heterocycles. The number of likely N-dealkylation sites (N-methyl/N-ethyl adjacent to an activating group) is 1. The van der Waals surface area contributed by atoms with E-state index in [0.29, 0.717) is 25.7 Å². The van der Waals surface area contributed by atoms with Crippen LogP contribution >= 0.6 is 0 Å². The van der Waals surface area contributed by atoms with E-state index >= 15 is 0 Å². The van der Waals surface area contributed by atoms with Crippen LogP contribution < -0.4 is 20.5 Å². The maximum atomic E-state index is 6.17. The summed E-state index contributed by atoms with van der Waals surface area (Å²) in [5.74, 6) is 2.72. The van der Waals surface area contributed by atoms with Gasteiger partial charge in [0.15, 0.2) is 17.5 Å². The predicted octanol–water partition coefficient (Wildman–Crippen LogP) is 3.09. The first-order chi connectivity index (χ1) is 12.5. The Morgan fingerprint density at radius 1 is 1.27 bits per heavy atom. The van der Waals surface area contributed by atoms with Crippen LogP contribution in [0.1, 0.15) is 39.0 Å². The lowest BCUT2D eigenvalue weighted by Gasteiger charge is -2.44. The van der Waals surface area contributed by atoms with E-state index in [9.17, 15) is 0 Å². The third-order valence-corrected chi connectivity index (χ3v) is 5.58. The number of aliphatic imine (C=N–C) groups is 1. The molecule has 0 spiro atoms. The van der Waals surface area contributed by atoms with Gasteiger partial charge in [0.25, 0.3) is 0 Å². The molecule has 0 aromatic heterocycles. The highest BCUT2D eigenvalue weighted by Gasteiger charge is 2.36. The Hall–Kier alpha value is -1.95. The Morgan fingerprint density at radius 3 is 2.77 bits per heavy atom. The fourth-order valence-electron chi connectivity index (χ4n) is 3.98. The van der Waals surface area contributed by atoms with E-state index in [2.05, 4.69) is 36.2 Å². The number of nitrogens with two attached hydrogens (primary N) is 1. The first-order valence-electron chi connectivity index (χ1n) is 9.62. The van der Waals surface area contributed by atoms with Crippen molar-refractivity contribution in [2.24, 2.45) is 16.6 Å². The largest absolute Gasteiger partial charge is 0.490 e. The summed E-state index contributed by atoms with van der Waals surface area (Å²) in [6.45, 7) is 4.41. The fraction of sp³-hybridized carbons (Fsp3) is 0.650. The van der Waals surface area contributed by atoms with Gasteiger partial charge in [-0.1, -0.05) is 19.8 Å². The van der Waals surface area contributed by atoms with Crippen LogP contribution in [0.3, 0.4) is 0 Å². The lowest BCUT2D eigenvalue weighted by molar-refractivity contribution is 0.0846. The lowest BCUT2D eigenvalue weighted by Crippen LogP contribution is -2.50. The SMILES string of the molecule is CC1CCCC(CN=C(N)Nc2ccc3c(c2)OCCCO3)(N(C)C)C1. The van der Waals surface area contributed by atoms with E-state index < -0.39 is 0 Å². The van der Waals surface area contributed by atoms with Crippen LogP contribution in [-0.2, 0) is 0 Å². The smallest absolute Gasteiger partial charge is 0.193 e. The average Bonchev–Trinajstić information content (AvgIpc) is 2.85. The van der Waals surface area contributed by atoms with Gasteiger partial charge in [-0.15, -0.1) is 0 Å². The Kier molecular flexibility index (Phi) is 5.91. The van der Waals surface area contributed by atoms with Crippen molar-refractivity contribution < 1.29 is 9.47 Å². The van der Waals surface area contributed by atoms with Crippen LogP contribution in [0, 0.1) is 5.92 Å². The molecule has 0 bridgehead atoms. The van der Waals surface area contributed by atoms with Gasteiger partial charge in [0.1, 0.15) is 0 Å². The molecule has 1 aromatic carbocycles. The van der Waals surface area contributed by atoms with Crippen molar-refractivity contribution in [2.45, 2.75) is 44.6 Å². The number of nitrogens with one attached hydrogen (secondary N) is 1. The molecule has 26 heavy (non-hydrogen) atoms. The molecule has 3 rings (SSSR count). The van der Waals surface area contributed by atoms with Gasteiger partial charge in [0.2, 0.25) is 0 Å². The summed E-state index contributed by atoms with van der Waals surface area (Å²) in [5, 5.41) is 3.19. The maximum Gasteiger partial charge on any atom is 0.193 e. The van der Waals surface area contributed by atoms with Gasteiger partial charge in [0, 0.05) is 23.7 Å². The number of benzene rings is 1. The molecule has 1 saturated carbocycles. The minimum absolute atomic E-state index is 0.106. The zero-order chi connectivity index (χ0) is 18.6. The summed E-state index contributed by atoms with van der Waals surface area (Å²) in [6.07, 6.45) is 5.80. The van der Waals surface area contributed by atoms with Crippen molar-refractivity contribution in [1.29, 1.82) is 0 Å². The summed E-state index contributed by atoms with van der Waals surface area (Å²) < 4.78 is 11.4. The zero-order valence-electron chi connectivity index (χ0n) is 16.3. The monoisotopic (exact) mass is 360 g/mol. The molecule has 144 valence electrons.